The molecule has 2 amide bonds. The molecule has 1 saturated heterocycles. The average molecular weight is 382 g/mol. The minimum atomic E-state index is -0.0324. The van der Waals surface area contributed by atoms with Gasteiger partial charge < -0.3 is 9.80 Å². The number of carbonyl (C=O) groups excluding carboxylic acids is 3. The van der Waals surface area contributed by atoms with Crippen LogP contribution in [0, 0.1) is 0 Å². The second-order valence-electron chi connectivity index (χ2n) is 6.40. The first-order valence-electron chi connectivity index (χ1n) is 8.90. The molecule has 0 spiro atoms. The van der Waals surface area contributed by atoms with E-state index in [1.165, 1.54) is 11.8 Å². The lowest BCUT2D eigenvalue weighted by atomic mass is 10.1. The lowest BCUT2D eigenvalue weighted by molar-refractivity contribution is -0.130. The number of rotatable bonds is 5. The van der Waals surface area contributed by atoms with Crippen molar-refractivity contribution in [1.29, 1.82) is 0 Å². The molecule has 2 aromatic rings. The van der Waals surface area contributed by atoms with Gasteiger partial charge in [-0.05, 0) is 18.2 Å². The van der Waals surface area contributed by atoms with E-state index in [0.717, 1.165) is 4.90 Å². The van der Waals surface area contributed by atoms with Crippen molar-refractivity contribution in [2.24, 2.45) is 0 Å². The summed E-state index contributed by atoms with van der Waals surface area (Å²) in [6, 6.07) is 16.6. The van der Waals surface area contributed by atoms with Gasteiger partial charge in [0.1, 0.15) is 0 Å². The van der Waals surface area contributed by atoms with Crippen LogP contribution in [0.3, 0.4) is 0 Å². The Kier molecular flexibility index (Phi) is 6.29. The first-order chi connectivity index (χ1) is 13.0. The normalized spacial score (nSPS) is 14.1. The van der Waals surface area contributed by atoms with Crippen LogP contribution in [0.2, 0.25) is 0 Å². The molecule has 0 unspecified atom stereocenters. The summed E-state index contributed by atoms with van der Waals surface area (Å²) in [5, 5.41) is 0. The van der Waals surface area contributed by atoms with E-state index in [-0.39, 0.29) is 17.6 Å². The van der Waals surface area contributed by atoms with E-state index in [1.807, 2.05) is 48.5 Å². The van der Waals surface area contributed by atoms with Gasteiger partial charge in [-0.3, -0.25) is 14.4 Å². The maximum atomic E-state index is 12.7. The van der Waals surface area contributed by atoms with Crippen LogP contribution in [0.5, 0.6) is 0 Å². The number of amides is 2. The molecule has 140 valence electrons. The maximum absolute atomic E-state index is 12.7. The highest BCUT2D eigenvalue weighted by Crippen LogP contribution is 2.21. The third-order valence-electron chi connectivity index (χ3n) is 4.56. The van der Waals surface area contributed by atoms with Gasteiger partial charge >= 0.3 is 0 Å². The number of carbonyl (C=O) groups is 3. The van der Waals surface area contributed by atoms with Crippen molar-refractivity contribution in [3.63, 3.8) is 0 Å². The summed E-state index contributed by atoms with van der Waals surface area (Å²) in [5.41, 5.74) is 1.31. The highest BCUT2D eigenvalue weighted by atomic mass is 32.2. The van der Waals surface area contributed by atoms with E-state index in [0.29, 0.717) is 43.1 Å². The Bertz CT molecular complexity index is 830. The van der Waals surface area contributed by atoms with Crippen LogP contribution in [0.15, 0.2) is 59.5 Å². The number of thioether (sulfide) groups is 1. The Balaban J connectivity index is 1.59. The standard InChI is InChI=1S/C21H22N2O3S/c1-16(24)22-10-12-23(13-11-22)21(26)18-8-5-9-19(14-18)27-15-20(25)17-6-3-2-4-7-17/h2-9,14H,10-13,15H2,1H3. The Morgan fingerprint density at radius 2 is 1.48 bits per heavy atom. The van der Waals surface area contributed by atoms with Crippen LogP contribution < -0.4 is 0 Å². The van der Waals surface area contributed by atoms with Crippen LogP contribution in [0.1, 0.15) is 27.6 Å². The first-order valence-corrected chi connectivity index (χ1v) is 9.89. The van der Waals surface area contributed by atoms with Gasteiger partial charge in [-0.1, -0.05) is 36.4 Å². The number of hydrogen-bond donors (Lipinski definition) is 0. The van der Waals surface area contributed by atoms with Crippen LogP contribution in [-0.2, 0) is 4.79 Å². The fourth-order valence-corrected chi connectivity index (χ4v) is 3.83. The molecule has 1 aliphatic heterocycles. The van der Waals surface area contributed by atoms with Gasteiger partial charge in [-0.2, -0.15) is 0 Å². The van der Waals surface area contributed by atoms with Gasteiger partial charge in [0.15, 0.2) is 5.78 Å². The Labute approximate surface area is 163 Å². The smallest absolute Gasteiger partial charge is 0.254 e. The summed E-state index contributed by atoms with van der Waals surface area (Å²) in [7, 11) is 0. The molecule has 0 bridgehead atoms. The van der Waals surface area contributed by atoms with Gasteiger partial charge in [0.05, 0.1) is 5.75 Å². The van der Waals surface area contributed by atoms with E-state index >= 15 is 0 Å². The predicted molar refractivity (Wildman–Crippen MR) is 106 cm³/mol. The minimum Gasteiger partial charge on any atom is -0.339 e. The topological polar surface area (TPSA) is 57.7 Å². The summed E-state index contributed by atoms with van der Waals surface area (Å²) >= 11 is 1.43. The number of piperazine rings is 1. The van der Waals surface area contributed by atoms with Crippen LogP contribution in [0.4, 0.5) is 0 Å². The Morgan fingerprint density at radius 3 is 2.15 bits per heavy atom. The van der Waals surface area contributed by atoms with Crippen molar-refractivity contribution in [2.75, 3.05) is 31.9 Å². The predicted octanol–water partition coefficient (Wildman–Crippen LogP) is 2.97. The third-order valence-corrected chi connectivity index (χ3v) is 5.55. The zero-order valence-electron chi connectivity index (χ0n) is 15.3. The number of Topliss-reactive ketones (excluding diaryl/α,β-unsaturated/α-hetero) is 1. The van der Waals surface area contributed by atoms with Crippen molar-refractivity contribution in [3.8, 4) is 0 Å². The van der Waals surface area contributed by atoms with E-state index in [9.17, 15) is 14.4 Å². The number of hydrogen-bond acceptors (Lipinski definition) is 4. The molecule has 0 atom stereocenters. The molecule has 0 radical (unpaired) electrons. The molecule has 2 aromatic carbocycles. The minimum absolute atomic E-state index is 0.0324. The van der Waals surface area contributed by atoms with Gasteiger partial charge in [0.2, 0.25) is 5.91 Å². The van der Waals surface area contributed by atoms with E-state index in [1.54, 1.807) is 22.8 Å². The molecular formula is C21H22N2O3S. The zero-order valence-corrected chi connectivity index (χ0v) is 16.1. The van der Waals surface area contributed by atoms with Crippen molar-refractivity contribution < 1.29 is 14.4 Å². The van der Waals surface area contributed by atoms with Crippen molar-refractivity contribution in [3.05, 3.63) is 65.7 Å². The molecular weight excluding hydrogens is 360 g/mol. The molecule has 27 heavy (non-hydrogen) atoms. The molecule has 0 N–H and O–H groups in total. The average Bonchev–Trinajstić information content (AvgIpc) is 2.72. The fourth-order valence-electron chi connectivity index (χ4n) is 2.98. The molecule has 1 fully saturated rings. The first kappa shape index (κ1) is 19.2. The highest BCUT2D eigenvalue weighted by Gasteiger charge is 2.23. The molecule has 0 aliphatic carbocycles. The van der Waals surface area contributed by atoms with Gasteiger partial charge in [-0.15, -0.1) is 11.8 Å². The number of nitrogens with zero attached hydrogens (tertiary/aromatic N) is 2. The molecule has 5 nitrogen and oxygen atoms in total. The molecule has 0 aromatic heterocycles. The quantitative estimate of drug-likeness (QED) is 0.589. The molecule has 3 rings (SSSR count). The number of benzene rings is 2. The lowest BCUT2D eigenvalue weighted by Crippen LogP contribution is -2.50. The second-order valence-corrected chi connectivity index (χ2v) is 7.45. The van der Waals surface area contributed by atoms with Crippen LogP contribution >= 0.6 is 11.8 Å². The summed E-state index contributed by atoms with van der Waals surface area (Å²) in [5.74, 6) is 0.412. The van der Waals surface area contributed by atoms with Crippen molar-refractivity contribution in [1.82, 2.24) is 9.80 Å². The molecule has 1 heterocycles. The second kappa shape index (κ2) is 8.86. The van der Waals surface area contributed by atoms with Gasteiger partial charge in [-0.25, -0.2) is 0 Å². The maximum Gasteiger partial charge on any atom is 0.254 e. The van der Waals surface area contributed by atoms with Crippen molar-refractivity contribution >= 4 is 29.4 Å². The van der Waals surface area contributed by atoms with Crippen molar-refractivity contribution in [2.45, 2.75) is 11.8 Å². The Hall–Kier alpha value is -2.60. The highest BCUT2D eigenvalue weighted by molar-refractivity contribution is 8.00. The third kappa shape index (κ3) is 4.98. The van der Waals surface area contributed by atoms with E-state index < -0.39 is 0 Å². The van der Waals surface area contributed by atoms with Crippen LogP contribution in [-0.4, -0.2) is 59.3 Å². The van der Waals surface area contributed by atoms with E-state index in [4.69, 9.17) is 0 Å². The summed E-state index contributed by atoms with van der Waals surface area (Å²) < 4.78 is 0. The molecule has 6 heteroatoms. The Morgan fingerprint density at radius 1 is 0.852 bits per heavy atom. The van der Waals surface area contributed by atoms with E-state index in [2.05, 4.69) is 0 Å². The molecule has 0 saturated carbocycles. The van der Waals surface area contributed by atoms with Gasteiger partial charge in [0.25, 0.3) is 5.91 Å². The zero-order chi connectivity index (χ0) is 19.2. The van der Waals surface area contributed by atoms with Gasteiger partial charge in [0, 0.05) is 49.1 Å². The molecule has 1 aliphatic rings. The SMILES string of the molecule is CC(=O)N1CCN(C(=O)c2cccc(SCC(=O)c3ccccc3)c2)CC1. The summed E-state index contributed by atoms with van der Waals surface area (Å²) in [6.45, 7) is 3.78. The summed E-state index contributed by atoms with van der Waals surface area (Å²) in [4.78, 5) is 40.8. The van der Waals surface area contributed by atoms with Crippen LogP contribution in [0.25, 0.3) is 0 Å². The summed E-state index contributed by atoms with van der Waals surface area (Å²) in [6.07, 6.45) is 0. The lowest BCUT2D eigenvalue weighted by Gasteiger charge is -2.34. The largest absolute Gasteiger partial charge is 0.339 e. The fraction of sp³-hybridized carbons (Fsp3) is 0.286. The number of ketones is 1. The monoisotopic (exact) mass is 382 g/mol.